The Labute approximate surface area is 166 Å². The van der Waals surface area contributed by atoms with Gasteiger partial charge in [-0.05, 0) is 54.1 Å². The van der Waals surface area contributed by atoms with Gasteiger partial charge in [0.05, 0.1) is 0 Å². The van der Waals surface area contributed by atoms with Crippen LogP contribution >= 0.6 is 0 Å². The molecule has 0 aliphatic carbocycles. The van der Waals surface area contributed by atoms with Crippen molar-refractivity contribution in [3.05, 3.63) is 78.2 Å². The molecule has 2 heterocycles. The number of carbonyl (C=O) groups is 1. The van der Waals surface area contributed by atoms with Crippen LogP contribution in [0.15, 0.2) is 66.9 Å². The molecule has 4 aromatic rings. The molecule has 2 aromatic carbocycles. The highest BCUT2D eigenvalue weighted by Gasteiger charge is 2.11. The van der Waals surface area contributed by atoms with Gasteiger partial charge in [0.1, 0.15) is 5.82 Å². The van der Waals surface area contributed by atoms with Crippen molar-refractivity contribution in [2.75, 3.05) is 18.4 Å². The summed E-state index contributed by atoms with van der Waals surface area (Å²) in [7, 11) is 0. The van der Waals surface area contributed by atoms with E-state index in [0.29, 0.717) is 30.2 Å². The van der Waals surface area contributed by atoms with E-state index in [2.05, 4.69) is 20.7 Å². The first-order valence-electron chi connectivity index (χ1n) is 9.11. The molecular formula is C21H19FN6O. The van der Waals surface area contributed by atoms with Crippen molar-refractivity contribution in [3.63, 3.8) is 0 Å². The topological polar surface area (TPSA) is 97.3 Å². The van der Waals surface area contributed by atoms with Gasteiger partial charge in [0, 0.05) is 36.1 Å². The van der Waals surface area contributed by atoms with Crippen LogP contribution < -0.4 is 16.4 Å². The van der Waals surface area contributed by atoms with Gasteiger partial charge in [0.25, 0.3) is 5.91 Å². The van der Waals surface area contributed by atoms with Crippen molar-refractivity contribution in [1.82, 2.24) is 19.9 Å². The van der Waals surface area contributed by atoms with Gasteiger partial charge >= 0.3 is 0 Å². The van der Waals surface area contributed by atoms with Crippen molar-refractivity contribution in [2.45, 2.75) is 0 Å². The zero-order valence-electron chi connectivity index (χ0n) is 15.5. The van der Waals surface area contributed by atoms with E-state index in [-0.39, 0.29) is 11.7 Å². The Balaban J connectivity index is 1.58. The van der Waals surface area contributed by atoms with Gasteiger partial charge in [-0.1, -0.05) is 12.1 Å². The number of aromatic nitrogens is 3. The number of rotatable bonds is 6. The Morgan fingerprint density at radius 3 is 2.69 bits per heavy atom. The Kier molecular flexibility index (Phi) is 5.17. The van der Waals surface area contributed by atoms with Gasteiger partial charge in [-0.3, -0.25) is 4.79 Å². The number of carbonyl (C=O) groups excluding carboxylic acids is 1. The number of anilines is 2. The number of benzene rings is 2. The second-order valence-electron chi connectivity index (χ2n) is 6.38. The highest BCUT2D eigenvalue weighted by atomic mass is 19.1. The average molecular weight is 390 g/mol. The van der Waals surface area contributed by atoms with E-state index in [4.69, 9.17) is 5.73 Å². The SMILES string of the molecule is NCCNC(=O)c1ccc(Nc2nc3c(-c4cccc(F)c4)cccn3n2)cc1. The summed E-state index contributed by atoms with van der Waals surface area (Å²) in [6, 6.07) is 17.0. The molecule has 0 aliphatic rings. The van der Waals surface area contributed by atoms with E-state index in [1.807, 2.05) is 18.2 Å². The first-order valence-corrected chi connectivity index (χ1v) is 9.11. The number of pyridine rings is 1. The zero-order chi connectivity index (χ0) is 20.2. The lowest BCUT2D eigenvalue weighted by molar-refractivity contribution is 0.0955. The van der Waals surface area contributed by atoms with Crippen molar-refractivity contribution < 1.29 is 9.18 Å². The lowest BCUT2D eigenvalue weighted by Gasteiger charge is -2.05. The van der Waals surface area contributed by atoms with Crippen molar-refractivity contribution in [1.29, 1.82) is 0 Å². The Hall–Kier alpha value is -3.78. The molecule has 0 fully saturated rings. The normalized spacial score (nSPS) is 10.8. The standard InChI is InChI=1S/C21H19FN6O/c22-16-4-1-3-15(13-16)18-5-2-12-28-19(18)26-21(27-28)25-17-8-6-14(7-9-17)20(29)24-11-10-23/h1-9,12-13H,10-11,23H2,(H,24,29)(H,25,27). The Morgan fingerprint density at radius 1 is 1.10 bits per heavy atom. The van der Waals surface area contributed by atoms with Crippen LogP contribution in [-0.2, 0) is 0 Å². The van der Waals surface area contributed by atoms with Crippen molar-refractivity contribution >= 4 is 23.2 Å². The third kappa shape index (κ3) is 4.07. The molecule has 29 heavy (non-hydrogen) atoms. The molecule has 146 valence electrons. The molecule has 0 atom stereocenters. The minimum Gasteiger partial charge on any atom is -0.351 e. The fraction of sp³-hybridized carbons (Fsp3) is 0.0952. The number of halogens is 1. The third-order valence-electron chi connectivity index (χ3n) is 4.33. The number of nitrogens with zero attached hydrogens (tertiary/aromatic N) is 3. The highest BCUT2D eigenvalue weighted by molar-refractivity contribution is 5.94. The highest BCUT2D eigenvalue weighted by Crippen LogP contribution is 2.25. The molecule has 0 saturated carbocycles. The maximum Gasteiger partial charge on any atom is 0.251 e. The van der Waals surface area contributed by atoms with E-state index in [0.717, 1.165) is 16.8 Å². The summed E-state index contributed by atoms with van der Waals surface area (Å²) in [5, 5.41) is 10.3. The summed E-state index contributed by atoms with van der Waals surface area (Å²) in [4.78, 5) is 16.5. The summed E-state index contributed by atoms with van der Waals surface area (Å²) in [5.41, 5.74) is 8.79. The summed E-state index contributed by atoms with van der Waals surface area (Å²) in [5.74, 6) is -0.0836. The molecule has 0 aliphatic heterocycles. The maximum absolute atomic E-state index is 13.6. The average Bonchev–Trinajstić information content (AvgIpc) is 3.15. The molecule has 4 rings (SSSR count). The number of hydrogen-bond donors (Lipinski definition) is 3. The quantitative estimate of drug-likeness (QED) is 0.470. The van der Waals surface area contributed by atoms with Crippen LogP contribution in [0.2, 0.25) is 0 Å². The first kappa shape index (κ1) is 18.6. The Morgan fingerprint density at radius 2 is 1.93 bits per heavy atom. The third-order valence-corrected chi connectivity index (χ3v) is 4.33. The molecule has 4 N–H and O–H groups in total. The number of nitrogens with one attached hydrogen (secondary N) is 2. The maximum atomic E-state index is 13.6. The van der Waals surface area contributed by atoms with Gasteiger partial charge in [-0.2, -0.15) is 4.98 Å². The lowest BCUT2D eigenvalue weighted by atomic mass is 10.1. The number of fused-ring (bicyclic) bond motifs is 1. The predicted octanol–water partition coefficient (Wildman–Crippen LogP) is 2.97. The second-order valence-corrected chi connectivity index (χ2v) is 6.38. The molecule has 7 nitrogen and oxygen atoms in total. The molecule has 0 spiro atoms. The fourth-order valence-electron chi connectivity index (χ4n) is 2.96. The van der Waals surface area contributed by atoms with Crippen LogP contribution in [0.4, 0.5) is 16.0 Å². The van der Waals surface area contributed by atoms with E-state index >= 15 is 0 Å². The monoisotopic (exact) mass is 390 g/mol. The summed E-state index contributed by atoms with van der Waals surface area (Å²) in [6.45, 7) is 0.820. The number of hydrogen-bond acceptors (Lipinski definition) is 5. The minimum atomic E-state index is -0.307. The second kappa shape index (κ2) is 8.07. The molecule has 0 unspecified atom stereocenters. The van der Waals surface area contributed by atoms with Crippen LogP contribution in [-0.4, -0.2) is 33.6 Å². The molecule has 1 amide bonds. The van der Waals surface area contributed by atoms with Crippen LogP contribution in [0.3, 0.4) is 0 Å². The summed E-state index contributed by atoms with van der Waals surface area (Å²) >= 11 is 0. The molecule has 0 saturated heterocycles. The van der Waals surface area contributed by atoms with Gasteiger partial charge in [-0.15, -0.1) is 5.10 Å². The van der Waals surface area contributed by atoms with E-state index < -0.39 is 0 Å². The first-order chi connectivity index (χ1) is 14.1. The molecule has 0 radical (unpaired) electrons. The minimum absolute atomic E-state index is 0.174. The van der Waals surface area contributed by atoms with Crippen LogP contribution in [0.25, 0.3) is 16.8 Å². The van der Waals surface area contributed by atoms with Crippen LogP contribution in [0.1, 0.15) is 10.4 Å². The molecule has 2 aromatic heterocycles. The molecular weight excluding hydrogens is 371 g/mol. The number of amides is 1. The lowest BCUT2D eigenvalue weighted by Crippen LogP contribution is -2.28. The van der Waals surface area contributed by atoms with Gasteiger partial charge in [0.15, 0.2) is 5.65 Å². The number of nitrogens with two attached hydrogens (primary N) is 1. The van der Waals surface area contributed by atoms with Gasteiger partial charge in [-0.25, -0.2) is 8.91 Å². The smallest absolute Gasteiger partial charge is 0.251 e. The van der Waals surface area contributed by atoms with Crippen molar-refractivity contribution in [2.24, 2.45) is 5.73 Å². The summed E-state index contributed by atoms with van der Waals surface area (Å²) in [6.07, 6.45) is 1.78. The largest absolute Gasteiger partial charge is 0.351 e. The van der Waals surface area contributed by atoms with Crippen molar-refractivity contribution in [3.8, 4) is 11.1 Å². The van der Waals surface area contributed by atoms with Crippen LogP contribution in [0.5, 0.6) is 0 Å². The molecule has 0 bridgehead atoms. The van der Waals surface area contributed by atoms with Crippen LogP contribution in [0, 0.1) is 5.82 Å². The fourth-order valence-corrected chi connectivity index (χ4v) is 2.96. The van der Waals surface area contributed by atoms with E-state index in [1.54, 1.807) is 41.0 Å². The van der Waals surface area contributed by atoms with E-state index in [9.17, 15) is 9.18 Å². The zero-order valence-corrected chi connectivity index (χ0v) is 15.5. The van der Waals surface area contributed by atoms with E-state index in [1.165, 1.54) is 12.1 Å². The summed E-state index contributed by atoms with van der Waals surface area (Å²) < 4.78 is 15.2. The predicted molar refractivity (Wildman–Crippen MR) is 109 cm³/mol. The van der Waals surface area contributed by atoms with Gasteiger partial charge in [0.2, 0.25) is 5.95 Å². The Bertz CT molecular complexity index is 1160. The molecule has 8 heteroatoms. The van der Waals surface area contributed by atoms with Gasteiger partial charge < -0.3 is 16.4 Å².